The highest BCUT2D eigenvalue weighted by molar-refractivity contribution is 9.10. The number of nitrogens with zero attached hydrogens (tertiary/aromatic N) is 1. The molecule has 0 unspecified atom stereocenters. The maximum atomic E-state index is 12.5. The van der Waals surface area contributed by atoms with Gasteiger partial charge in [0.15, 0.2) is 0 Å². The van der Waals surface area contributed by atoms with Gasteiger partial charge in [-0.1, -0.05) is 29.3 Å². The van der Waals surface area contributed by atoms with Gasteiger partial charge in [0.2, 0.25) is 0 Å². The minimum Gasteiger partial charge on any atom is -0.504 e. The molecule has 0 bridgehead atoms. The second-order valence-electron chi connectivity index (χ2n) is 8.12. The number of fused-ring (bicyclic) bond motifs is 5. The van der Waals surface area contributed by atoms with Gasteiger partial charge in [-0.2, -0.15) is 0 Å². The summed E-state index contributed by atoms with van der Waals surface area (Å²) in [4.78, 5) is 18.8. The van der Waals surface area contributed by atoms with Gasteiger partial charge in [-0.25, -0.2) is 4.79 Å². The summed E-state index contributed by atoms with van der Waals surface area (Å²) < 4.78 is 17.0. The monoisotopic (exact) mass is 476 g/mol. The van der Waals surface area contributed by atoms with Crippen molar-refractivity contribution >= 4 is 32.8 Å². The number of nitrogens with one attached hydrogen (secondary N) is 1. The van der Waals surface area contributed by atoms with Crippen LogP contribution in [0.5, 0.6) is 5.75 Å². The Hall–Kier alpha value is -1.99. The van der Waals surface area contributed by atoms with Gasteiger partial charge >= 0.3 is 5.97 Å². The first-order chi connectivity index (χ1) is 14.5. The van der Waals surface area contributed by atoms with Crippen molar-refractivity contribution in [2.75, 3.05) is 34.4 Å². The summed E-state index contributed by atoms with van der Waals surface area (Å²) in [6.07, 6.45) is 4.42. The summed E-state index contributed by atoms with van der Waals surface area (Å²) in [6.45, 7) is 4.16. The number of H-pyrrole nitrogens is 1. The zero-order valence-electron chi connectivity index (χ0n) is 18.0. The number of benzene rings is 1. The molecule has 0 aliphatic carbocycles. The van der Waals surface area contributed by atoms with Gasteiger partial charge in [-0.3, -0.25) is 4.90 Å². The highest BCUT2D eigenvalue weighted by atomic mass is 79.9. The summed E-state index contributed by atoms with van der Waals surface area (Å²) in [7, 11) is 4.73. The number of esters is 1. The molecule has 2 aliphatic heterocycles. The smallest absolute Gasteiger partial charge is 0.337 e. The van der Waals surface area contributed by atoms with Crippen molar-refractivity contribution < 1.29 is 19.0 Å². The SMILES string of the molecule is CC[C@@H]1CN2CCc3c([nH]c4cc(Br)cc(OC)c34)[C@@H]2C[C@@H]1/C(=C\OC)C(=O)OC. The Morgan fingerprint density at radius 3 is 2.80 bits per heavy atom. The Labute approximate surface area is 185 Å². The van der Waals surface area contributed by atoms with Crippen LogP contribution in [0.4, 0.5) is 0 Å². The molecule has 2 aliphatic rings. The lowest BCUT2D eigenvalue weighted by molar-refractivity contribution is -0.137. The van der Waals surface area contributed by atoms with Gasteiger partial charge < -0.3 is 19.2 Å². The third-order valence-electron chi connectivity index (χ3n) is 6.71. The van der Waals surface area contributed by atoms with Crippen LogP contribution in [0.25, 0.3) is 10.9 Å². The normalized spacial score (nSPS) is 24.3. The first-order valence-corrected chi connectivity index (χ1v) is 11.2. The molecule has 0 radical (unpaired) electrons. The summed E-state index contributed by atoms with van der Waals surface area (Å²) in [5.41, 5.74) is 4.30. The van der Waals surface area contributed by atoms with Crippen LogP contribution in [0.3, 0.4) is 0 Å². The van der Waals surface area contributed by atoms with Gasteiger partial charge in [0, 0.05) is 28.6 Å². The molecule has 3 atom stereocenters. The van der Waals surface area contributed by atoms with Crippen molar-refractivity contribution in [3.63, 3.8) is 0 Å². The van der Waals surface area contributed by atoms with Crippen LogP contribution in [0.15, 0.2) is 28.4 Å². The van der Waals surface area contributed by atoms with E-state index in [1.54, 1.807) is 20.5 Å². The number of rotatable bonds is 5. The van der Waals surface area contributed by atoms with E-state index < -0.39 is 0 Å². The third-order valence-corrected chi connectivity index (χ3v) is 7.17. The van der Waals surface area contributed by atoms with E-state index in [4.69, 9.17) is 14.2 Å². The van der Waals surface area contributed by atoms with Crippen molar-refractivity contribution in [2.24, 2.45) is 11.8 Å². The molecular weight excluding hydrogens is 448 g/mol. The van der Waals surface area contributed by atoms with E-state index in [1.165, 1.54) is 23.8 Å². The zero-order valence-corrected chi connectivity index (χ0v) is 19.5. The second-order valence-corrected chi connectivity index (χ2v) is 9.04. The molecule has 2 aromatic rings. The van der Waals surface area contributed by atoms with E-state index in [1.807, 2.05) is 6.07 Å². The van der Waals surface area contributed by atoms with Gasteiger partial charge in [0.05, 0.1) is 44.7 Å². The molecule has 0 saturated carbocycles. The Balaban J connectivity index is 1.78. The topological polar surface area (TPSA) is 63.8 Å². The molecule has 162 valence electrons. The van der Waals surface area contributed by atoms with E-state index in [2.05, 4.69) is 38.8 Å². The first kappa shape index (κ1) is 21.2. The number of ether oxygens (including phenoxy) is 3. The molecule has 3 heterocycles. The third kappa shape index (κ3) is 3.52. The van der Waals surface area contributed by atoms with E-state index in [9.17, 15) is 4.79 Å². The minimum atomic E-state index is -0.299. The number of aromatic nitrogens is 1. The molecule has 0 spiro atoms. The van der Waals surface area contributed by atoms with Crippen LogP contribution in [-0.4, -0.2) is 50.3 Å². The summed E-state index contributed by atoms with van der Waals surface area (Å²) in [6, 6.07) is 4.36. The molecule has 1 fully saturated rings. The van der Waals surface area contributed by atoms with E-state index in [0.29, 0.717) is 11.5 Å². The van der Waals surface area contributed by atoms with Crippen molar-refractivity contribution in [1.82, 2.24) is 9.88 Å². The zero-order chi connectivity index (χ0) is 21.4. The molecule has 1 N–H and O–H groups in total. The molecule has 0 amide bonds. The van der Waals surface area contributed by atoms with Crippen molar-refractivity contribution in [2.45, 2.75) is 32.2 Å². The lowest BCUT2D eigenvalue weighted by Gasteiger charge is -2.46. The molecular formula is C23H29BrN2O4. The number of carbonyl (C=O) groups excluding carboxylic acids is 1. The highest BCUT2D eigenvalue weighted by Gasteiger charge is 2.42. The maximum absolute atomic E-state index is 12.5. The van der Waals surface area contributed by atoms with E-state index in [0.717, 1.165) is 48.1 Å². The fourth-order valence-electron chi connectivity index (χ4n) is 5.32. The molecule has 1 aromatic heterocycles. The predicted octanol–water partition coefficient (Wildman–Crippen LogP) is 4.59. The van der Waals surface area contributed by atoms with Crippen molar-refractivity contribution in [3.8, 4) is 5.75 Å². The lowest BCUT2D eigenvalue weighted by Crippen LogP contribution is -2.47. The van der Waals surface area contributed by atoms with Crippen molar-refractivity contribution in [1.29, 1.82) is 0 Å². The quantitative estimate of drug-likeness (QED) is 0.388. The van der Waals surface area contributed by atoms with Crippen LogP contribution in [0.2, 0.25) is 0 Å². The number of hydrogen-bond donors (Lipinski definition) is 1. The first-order valence-electron chi connectivity index (χ1n) is 10.5. The Morgan fingerprint density at radius 2 is 2.13 bits per heavy atom. The van der Waals surface area contributed by atoms with Crippen LogP contribution in [0, 0.1) is 11.8 Å². The van der Waals surface area contributed by atoms with Crippen LogP contribution >= 0.6 is 15.9 Å². The fourth-order valence-corrected chi connectivity index (χ4v) is 5.76. The fraction of sp³-hybridized carbons (Fsp3) is 0.522. The number of hydrogen-bond acceptors (Lipinski definition) is 5. The average Bonchev–Trinajstić information content (AvgIpc) is 3.14. The summed E-state index contributed by atoms with van der Waals surface area (Å²) in [5, 5.41) is 1.17. The van der Waals surface area contributed by atoms with Crippen LogP contribution < -0.4 is 4.74 Å². The number of aromatic amines is 1. The Bertz CT molecular complexity index is 983. The standard InChI is InChI=1S/C23H29BrN2O4/c1-5-13-11-26-7-6-15-21-18(8-14(24)9-20(21)29-3)25-22(15)19(26)10-16(13)17(12-28-2)23(27)30-4/h8-9,12-13,16,19,25H,5-7,10-11H2,1-4H3/b17-12+/t13-,16+,19+/m1/s1. The van der Waals surface area contributed by atoms with Crippen molar-refractivity contribution in [3.05, 3.63) is 39.7 Å². The second kappa shape index (κ2) is 8.63. The summed E-state index contributed by atoms with van der Waals surface area (Å²) >= 11 is 3.59. The summed E-state index contributed by atoms with van der Waals surface area (Å²) in [5.74, 6) is 1.07. The largest absolute Gasteiger partial charge is 0.504 e. The van der Waals surface area contributed by atoms with Gasteiger partial charge in [-0.15, -0.1) is 0 Å². The molecule has 30 heavy (non-hydrogen) atoms. The molecule has 1 saturated heterocycles. The van der Waals surface area contributed by atoms with Crippen LogP contribution in [0.1, 0.15) is 37.1 Å². The Kier molecular flexibility index (Phi) is 6.11. The van der Waals surface area contributed by atoms with E-state index in [-0.39, 0.29) is 17.9 Å². The number of methoxy groups -OCH3 is 3. The molecule has 6 nitrogen and oxygen atoms in total. The Morgan fingerprint density at radius 1 is 1.33 bits per heavy atom. The number of piperidine rings is 1. The lowest BCUT2D eigenvalue weighted by atomic mass is 9.74. The number of halogens is 1. The maximum Gasteiger partial charge on any atom is 0.337 e. The minimum absolute atomic E-state index is 0.0923. The van der Waals surface area contributed by atoms with Gasteiger partial charge in [0.1, 0.15) is 5.75 Å². The van der Waals surface area contributed by atoms with Crippen LogP contribution in [-0.2, 0) is 20.7 Å². The van der Waals surface area contributed by atoms with Gasteiger partial charge in [-0.05, 0) is 42.4 Å². The van der Waals surface area contributed by atoms with E-state index >= 15 is 0 Å². The van der Waals surface area contributed by atoms with Gasteiger partial charge in [0.25, 0.3) is 0 Å². The molecule has 1 aromatic carbocycles. The highest BCUT2D eigenvalue weighted by Crippen LogP contribution is 2.47. The predicted molar refractivity (Wildman–Crippen MR) is 120 cm³/mol. The molecule has 7 heteroatoms. The average molecular weight is 477 g/mol. The number of carbonyl (C=O) groups is 1. The molecule has 4 rings (SSSR count).